The zero-order valence-electron chi connectivity index (χ0n) is 11.1. The molecule has 1 aliphatic carbocycles. The highest BCUT2D eigenvalue weighted by Gasteiger charge is 2.35. The number of hydrogen-bond acceptors (Lipinski definition) is 2. The van der Waals surface area contributed by atoms with Gasteiger partial charge in [-0.05, 0) is 45.4 Å². The number of carboxylic acids is 1. The van der Waals surface area contributed by atoms with Crippen LogP contribution in [0.2, 0.25) is 0 Å². The molecule has 0 aromatic carbocycles. The molecule has 0 aromatic rings. The monoisotopic (exact) mass is 253 g/mol. The number of carbonyl (C=O) groups excluding carboxylic acids is 1. The lowest BCUT2D eigenvalue weighted by atomic mass is 9.80. The van der Waals surface area contributed by atoms with Crippen molar-refractivity contribution < 1.29 is 14.7 Å². The average molecular weight is 253 g/mol. The third-order valence-electron chi connectivity index (χ3n) is 4.46. The summed E-state index contributed by atoms with van der Waals surface area (Å²) in [4.78, 5) is 25.5. The molecule has 2 aliphatic rings. The fourth-order valence-corrected chi connectivity index (χ4v) is 3.30. The van der Waals surface area contributed by atoms with Crippen LogP contribution >= 0.6 is 0 Å². The van der Waals surface area contributed by atoms with E-state index in [9.17, 15) is 9.59 Å². The van der Waals surface area contributed by atoms with Crippen LogP contribution in [0.1, 0.15) is 51.9 Å². The Labute approximate surface area is 108 Å². The summed E-state index contributed by atoms with van der Waals surface area (Å²) in [6, 6.07) is 0.330. The Balaban J connectivity index is 1.97. The van der Waals surface area contributed by atoms with Gasteiger partial charge in [-0.1, -0.05) is 6.42 Å². The molecule has 1 amide bonds. The molecule has 0 aromatic heterocycles. The molecule has 3 unspecified atom stereocenters. The van der Waals surface area contributed by atoms with Crippen LogP contribution in [0, 0.1) is 11.8 Å². The summed E-state index contributed by atoms with van der Waals surface area (Å²) >= 11 is 0. The standard InChI is InChI=1S/C14H23NO3/c1-10-5-2-3-8-15(10)13(16)11-6-4-7-12(9-11)14(17)18/h10-12H,2-9H2,1H3,(H,17,18). The maximum atomic E-state index is 12.5. The van der Waals surface area contributed by atoms with E-state index in [4.69, 9.17) is 5.11 Å². The molecule has 0 bridgehead atoms. The van der Waals surface area contributed by atoms with Gasteiger partial charge in [-0.25, -0.2) is 0 Å². The highest BCUT2D eigenvalue weighted by atomic mass is 16.4. The molecule has 18 heavy (non-hydrogen) atoms. The third kappa shape index (κ3) is 2.85. The molecule has 1 N–H and O–H groups in total. The van der Waals surface area contributed by atoms with E-state index in [1.165, 1.54) is 6.42 Å². The summed E-state index contributed by atoms with van der Waals surface area (Å²) in [5.41, 5.74) is 0. The average Bonchev–Trinajstić information content (AvgIpc) is 2.38. The lowest BCUT2D eigenvalue weighted by Crippen LogP contribution is -2.46. The van der Waals surface area contributed by atoms with Crippen molar-refractivity contribution in [2.75, 3.05) is 6.54 Å². The van der Waals surface area contributed by atoms with Crippen LogP contribution in [-0.2, 0) is 9.59 Å². The Morgan fingerprint density at radius 2 is 1.78 bits per heavy atom. The van der Waals surface area contributed by atoms with E-state index >= 15 is 0 Å². The molecular formula is C14H23NO3. The van der Waals surface area contributed by atoms with E-state index in [1.807, 2.05) is 4.90 Å². The van der Waals surface area contributed by atoms with Crippen LogP contribution < -0.4 is 0 Å². The van der Waals surface area contributed by atoms with Crippen molar-refractivity contribution in [2.45, 2.75) is 57.9 Å². The second kappa shape index (κ2) is 5.72. The Kier molecular flexibility index (Phi) is 4.25. The maximum absolute atomic E-state index is 12.5. The van der Waals surface area contributed by atoms with E-state index in [0.29, 0.717) is 12.5 Å². The molecule has 4 nitrogen and oxygen atoms in total. The summed E-state index contributed by atoms with van der Waals surface area (Å²) in [5, 5.41) is 9.08. The van der Waals surface area contributed by atoms with Crippen LogP contribution in [0.15, 0.2) is 0 Å². The van der Waals surface area contributed by atoms with Crippen molar-refractivity contribution in [1.29, 1.82) is 0 Å². The highest BCUT2D eigenvalue weighted by molar-refractivity contribution is 5.80. The normalized spacial score (nSPS) is 33.2. The van der Waals surface area contributed by atoms with Gasteiger partial charge in [-0.15, -0.1) is 0 Å². The summed E-state index contributed by atoms with van der Waals surface area (Å²) in [5.74, 6) is -0.902. The lowest BCUT2D eigenvalue weighted by molar-refractivity contribution is -0.146. The number of aliphatic carboxylic acids is 1. The number of rotatable bonds is 2. The second-order valence-corrected chi connectivity index (χ2v) is 5.78. The number of likely N-dealkylation sites (tertiary alicyclic amines) is 1. The van der Waals surface area contributed by atoms with Gasteiger partial charge < -0.3 is 10.0 Å². The zero-order chi connectivity index (χ0) is 13.1. The first-order chi connectivity index (χ1) is 8.59. The summed E-state index contributed by atoms with van der Waals surface area (Å²) in [7, 11) is 0. The van der Waals surface area contributed by atoms with Gasteiger partial charge in [-0.3, -0.25) is 9.59 Å². The quantitative estimate of drug-likeness (QED) is 0.821. The number of nitrogens with zero attached hydrogens (tertiary/aromatic N) is 1. The smallest absolute Gasteiger partial charge is 0.306 e. The number of hydrogen-bond donors (Lipinski definition) is 1. The number of piperidine rings is 1. The molecule has 0 spiro atoms. The van der Waals surface area contributed by atoms with Gasteiger partial charge >= 0.3 is 5.97 Å². The second-order valence-electron chi connectivity index (χ2n) is 5.78. The predicted octanol–water partition coefficient (Wildman–Crippen LogP) is 2.28. The summed E-state index contributed by atoms with van der Waals surface area (Å²) in [6.45, 7) is 2.96. The van der Waals surface area contributed by atoms with E-state index < -0.39 is 5.97 Å². The van der Waals surface area contributed by atoms with E-state index in [2.05, 4.69) is 6.92 Å². The lowest BCUT2D eigenvalue weighted by Gasteiger charge is -2.37. The predicted molar refractivity (Wildman–Crippen MR) is 68.1 cm³/mol. The van der Waals surface area contributed by atoms with Crippen LogP contribution in [0.4, 0.5) is 0 Å². The number of carboxylic acid groups (broad SMARTS) is 1. The summed E-state index contributed by atoms with van der Waals surface area (Å²) < 4.78 is 0. The minimum absolute atomic E-state index is 0.0552. The van der Waals surface area contributed by atoms with Gasteiger partial charge in [0.2, 0.25) is 5.91 Å². The summed E-state index contributed by atoms with van der Waals surface area (Å²) in [6.07, 6.45) is 6.38. The minimum atomic E-state index is -0.737. The molecule has 1 aliphatic heterocycles. The van der Waals surface area contributed by atoms with Gasteiger partial charge in [0.1, 0.15) is 0 Å². The molecular weight excluding hydrogens is 230 g/mol. The maximum Gasteiger partial charge on any atom is 0.306 e. The first kappa shape index (κ1) is 13.4. The van der Waals surface area contributed by atoms with Crippen LogP contribution in [0.5, 0.6) is 0 Å². The fraction of sp³-hybridized carbons (Fsp3) is 0.857. The fourth-order valence-electron chi connectivity index (χ4n) is 3.30. The Hall–Kier alpha value is -1.06. The largest absolute Gasteiger partial charge is 0.481 e. The Bertz CT molecular complexity index is 329. The van der Waals surface area contributed by atoms with Crippen molar-refractivity contribution in [1.82, 2.24) is 4.90 Å². The van der Waals surface area contributed by atoms with Gasteiger partial charge in [-0.2, -0.15) is 0 Å². The molecule has 2 rings (SSSR count). The first-order valence-electron chi connectivity index (χ1n) is 7.13. The van der Waals surface area contributed by atoms with E-state index in [1.54, 1.807) is 0 Å². The Morgan fingerprint density at radius 1 is 1.06 bits per heavy atom. The molecule has 2 fully saturated rings. The van der Waals surface area contributed by atoms with Gasteiger partial charge in [0.15, 0.2) is 0 Å². The van der Waals surface area contributed by atoms with E-state index in [0.717, 1.165) is 38.6 Å². The number of amides is 1. The van der Waals surface area contributed by atoms with Crippen LogP contribution in [0.3, 0.4) is 0 Å². The molecule has 1 saturated heterocycles. The van der Waals surface area contributed by atoms with Crippen molar-refractivity contribution in [3.05, 3.63) is 0 Å². The van der Waals surface area contributed by atoms with Crippen molar-refractivity contribution >= 4 is 11.9 Å². The minimum Gasteiger partial charge on any atom is -0.481 e. The Morgan fingerprint density at radius 3 is 2.44 bits per heavy atom. The van der Waals surface area contributed by atoms with Crippen molar-refractivity contribution in [3.63, 3.8) is 0 Å². The van der Waals surface area contributed by atoms with Crippen LogP contribution in [0.25, 0.3) is 0 Å². The van der Waals surface area contributed by atoms with Gasteiger partial charge in [0.05, 0.1) is 5.92 Å². The molecule has 1 heterocycles. The number of carbonyl (C=O) groups is 2. The van der Waals surface area contributed by atoms with Crippen molar-refractivity contribution in [3.8, 4) is 0 Å². The molecule has 1 saturated carbocycles. The SMILES string of the molecule is CC1CCCCN1C(=O)C1CCCC(C(=O)O)C1. The molecule has 102 valence electrons. The first-order valence-corrected chi connectivity index (χ1v) is 7.13. The molecule has 4 heteroatoms. The van der Waals surface area contributed by atoms with Crippen molar-refractivity contribution in [2.24, 2.45) is 11.8 Å². The topological polar surface area (TPSA) is 57.6 Å². The van der Waals surface area contributed by atoms with Gasteiger partial charge in [0, 0.05) is 18.5 Å². The third-order valence-corrected chi connectivity index (χ3v) is 4.46. The molecule has 3 atom stereocenters. The van der Waals surface area contributed by atoms with Gasteiger partial charge in [0.25, 0.3) is 0 Å². The zero-order valence-corrected chi connectivity index (χ0v) is 11.1. The molecule has 0 radical (unpaired) electrons. The highest BCUT2D eigenvalue weighted by Crippen LogP contribution is 2.32. The van der Waals surface area contributed by atoms with Crippen LogP contribution in [-0.4, -0.2) is 34.5 Å². The van der Waals surface area contributed by atoms with E-state index in [-0.39, 0.29) is 17.7 Å².